The quantitative estimate of drug-likeness (QED) is 0.481. The van der Waals surface area contributed by atoms with E-state index >= 15 is 0 Å². The van der Waals surface area contributed by atoms with Crippen LogP contribution in [0.3, 0.4) is 0 Å². The van der Waals surface area contributed by atoms with Crippen molar-refractivity contribution in [1.29, 1.82) is 0 Å². The molecule has 4 heterocycles. The molecule has 34 heavy (non-hydrogen) atoms. The summed E-state index contributed by atoms with van der Waals surface area (Å²) in [5.74, 6) is 0.776. The van der Waals surface area contributed by atoms with Crippen molar-refractivity contribution in [3.63, 3.8) is 0 Å². The highest BCUT2D eigenvalue weighted by molar-refractivity contribution is 6.01. The number of fused-ring (bicyclic) bond motifs is 1. The molecule has 1 aliphatic rings. The van der Waals surface area contributed by atoms with Crippen LogP contribution in [0, 0.1) is 0 Å². The Bertz CT molecular complexity index is 1420. The lowest BCUT2D eigenvalue weighted by Crippen LogP contribution is -2.26. The van der Waals surface area contributed by atoms with Crippen molar-refractivity contribution in [3.8, 4) is 17.0 Å². The summed E-state index contributed by atoms with van der Waals surface area (Å²) in [6.07, 6.45) is -0.287. The van der Waals surface area contributed by atoms with Gasteiger partial charge in [0.1, 0.15) is 28.5 Å². The van der Waals surface area contributed by atoms with Gasteiger partial charge in [0.15, 0.2) is 0 Å². The van der Waals surface area contributed by atoms with E-state index in [-0.39, 0.29) is 11.4 Å². The van der Waals surface area contributed by atoms with Crippen LogP contribution in [-0.2, 0) is 11.7 Å². The maximum absolute atomic E-state index is 13.6. The Morgan fingerprint density at radius 3 is 2.44 bits per heavy atom. The molecule has 0 fully saturated rings. The number of aromatic nitrogens is 3. The Hall–Kier alpha value is -4.27. The molecule has 1 aromatic carbocycles. The molecule has 170 valence electrons. The predicted molar refractivity (Wildman–Crippen MR) is 120 cm³/mol. The van der Waals surface area contributed by atoms with Crippen LogP contribution in [0.4, 0.5) is 13.2 Å². The smallest absolute Gasteiger partial charge is 0.433 e. The molecule has 1 aliphatic heterocycles. The van der Waals surface area contributed by atoms with Crippen LogP contribution in [0.1, 0.15) is 28.1 Å². The fourth-order valence-electron chi connectivity index (χ4n) is 4.21. The molecular formula is C25H18F3N5O. The van der Waals surface area contributed by atoms with Crippen LogP contribution >= 0.6 is 0 Å². The Kier molecular flexibility index (Phi) is 5.04. The first kappa shape index (κ1) is 21.6. The number of hydrogen-bond donors (Lipinski definition) is 1. The van der Waals surface area contributed by atoms with Crippen molar-refractivity contribution in [3.05, 3.63) is 107 Å². The summed E-state index contributed by atoms with van der Waals surface area (Å²) in [4.78, 5) is 17.0. The fraction of sp³-hybridized carbons (Fsp3) is 0.120. The van der Waals surface area contributed by atoms with Crippen molar-refractivity contribution in [2.24, 2.45) is 10.7 Å². The number of alkyl halides is 3. The number of nitrogens with zero attached hydrogens (tertiary/aromatic N) is 4. The van der Waals surface area contributed by atoms with Gasteiger partial charge in [-0.2, -0.15) is 13.2 Å². The van der Waals surface area contributed by atoms with Gasteiger partial charge < -0.3 is 10.5 Å². The Morgan fingerprint density at radius 2 is 1.65 bits per heavy atom. The fourth-order valence-corrected chi connectivity index (χ4v) is 4.21. The number of methoxy groups -OCH3 is 1. The lowest BCUT2D eigenvalue weighted by atomic mass is 9.78. The number of amidine groups is 1. The first-order chi connectivity index (χ1) is 16.3. The van der Waals surface area contributed by atoms with Gasteiger partial charge in [0.25, 0.3) is 0 Å². The molecule has 1 atom stereocenters. The normalized spacial score (nSPS) is 17.2. The summed E-state index contributed by atoms with van der Waals surface area (Å²) in [5, 5.41) is 0. The highest BCUT2D eigenvalue weighted by Gasteiger charge is 2.45. The molecule has 0 aliphatic carbocycles. The number of halogens is 3. The molecular weight excluding hydrogens is 443 g/mol. The van der Waals surface area contributed by atoms with E-state index in [4.69, 9.17) is 15.5 Å². The number of hydrogen-bond acceptors (Lipinski definition) is 6. The van der Waals surface area contributed by atoms with Crippen LogP contribution < -0.4 is 10.5 Å². The predicted octanol–water partition coefficient (Wildman–Crippen LogP) is 4.58. The van der Waals surface area contributed by atoms with Crippen LogP contribution in [0.15, 0.2) is 84.2 Å². The van der Waals surface area contributed by atoms with E-state index in [0.29, 0.717) is 28.3 Å². The van der Waals surface area contributed by atoms with E-state index in [1.165, 1.54) is 6.07 Å². The van der Waals surface area contributed by atoms with E-state index < -0.39 is 17.4 Å². The van der Waals surface area contributed by atoms with E-state index in [0.717, 1.165) is 17.8 Å². The van der Waals surface area contributed by atoms with Gasteiger partial charge in [-0.3, -0.25) is 15.0 Å². The zero-order valence-corrected chi connectivity index (χ0v) is 17.9. The summed E-state index contributed by atoms with van der Waals surface area (Å²) in [5.41, 5.74) is 7.17. The molecule has 6 nitrogen and oxygen atoms in total. The first-order valence-corrected chi connectivity index (χ1v) is 10.3. The maximum Gasteiger partial charge on any atom is 0.433 e. The number of aliphatic imine (C=N–C) groups is 1. The first-order valence-electron chi connectivity index (χ1n) is 10.3. The van der Waals surface area contributed by atoms with E-state index in [9.17, 15) is 13.2 Å². The molecule has 9 heteroatoms. The molecule has 3 aromatic heterocycles. The molecule has 0 spiro atoms. The summed E-state index contributed by atoms with van der Waals surface area (Å²) >= 11 is 0. The molecule has 0 saturated carbocycles. The molecule has 2 N–H and O–H groups in total. The number of rotatable bonds is 4. The third-order valence-corrected chi connectivity index (χ3v) is 5.74. The summed E-state index contributed by atoms with van der Waals surface area (Å²) in [6, 6.07) is 16.8. The zero-order chi connectivity index (χ0) is 23.9. The minimum absolute atomic E-state index is 0.144. The summed E-state index contributed by atoms with van der Waals surface area (Å²) < 4.78 is 46.0. The Labute approximate surface area is 193 Å². The third-order valence-electron chi connectivity index (χ3n) is 5.74. The Morgan fingerprint density at radius 1 is 0.853 bits per heavy atom. The van der Waals surface area contributed by atoms with Crippen molar-refractivity contribution >= 4 is 5.84 Å². The number of benzene rings is 1. The highest BCUT2D eigenvalue weighted by atomic mass is 19.4. The molecule has 0 bridgehead atoms. The van der Waals surface area contributed by atoms with Crippen LogP contribution in [0.5, 0.6) is 5.75 Å². The second-order valence-corrected chi connectivity index (χ2v) is 7.70. The van der Waals surface area contributed by atoms with Gasteiger partial charge in [-0.15, -0.1) is 0 Å². The standard InChI is InChI=1S/C25H18F3N5O/c1-34-18-8-11-30-20(14-18)15-4-2-5-16(12-15)24(17-7-10-31-21(13-17)25(26,27)28)19-6-3-9-32-22(19)23(29)33-24/h2-14H,1H3,(H2,29,33). The SMILES string of the molecule is COc1ccnc(-c2cccc(C3(c4ccnc(C(F)(F)F)c4)N=C(N)c4ncccc43)c2)c1. The second kappa shape index (κ2) is 7.95. The van der Waals surface area contributed by atoms with Gasteiger partial charge in [-0.05, 0) is 41.5 Å². The topological polar surface area (TPSA) is 86.3 Å². The van der Waals surface area contributed by atoms with Crippen LogP contribution in [0.2, 0.25) is 0 Å². The lowest BCUT2D eigenvalue weighted by molar-refractivity contribution is -0.141. The molecule has 5 rings (SSSR count). The van der Waals surface area contributed by atoms with Crippen LogP contribution in [-0.4, -0.2) is 27.9 Å². The summed E-state index contributed by atoms with van der Waals surface area (Å²) in [7, 11) is 1.56. The minimum atomic E-state index is -4.62. The zero-order valence-electron chi connectivity index (χ0n) is 17.9. The molecule has 4 aromatic rings. The Balaban J connectivity index is 1.77. The largest absolute Gasteiger partial charge is 0.497 e. The van der Waals surface area contributed by atoms with Crippen molar-refractivity contribution in [1.82, 2.24) is 15.0 Å². The minimum Gasteiger partial charge on any atom is -0.497 e. The second-order valence-electron chi connectivity index (χ2n) is 7.70. The number of ether oxygens (including phenoxy) is 1. The van der Waals surface area contributed by atoms with Gasteiger partial charge in [-0.1, -0.05) is 24.3 Å². The number of nitrogens with two attached hydrogens (primary N) is 1. The molecule has 0 saturated heterocycles. The van der Waals surface area contributed by atoms with E-state index in [1.807, 2.05) is 12.1 Å². The van der Waals surface area contributed by atoms with Gasteiger partial charge >= 0.3 is 6.18 Å². The van der Waals surface area contributed by atoms with Gasteiger partial charge in [0.2, 0.25) is 0 Å². The average Bonchev–Trinajstić information content (AvgIpc) is 3.17. The molecule has 0 amide bonds. The van der Waals surface area contributed by atoms with Gasteiger partial charge in [0, 0.05) is 35.8 Å². The van der Waals surface area contributed by atoms with E-state index in [2.05, 4.69) is 15.0 Å². The van der Waals surface area contributed by atoms with Gasteiger partial charge in [-0.25, -0.2) is 4.99 Å². The molecule has 0 radical (unpaired) electrons. The van der Waals surface area contributed by atoms with Crippen molar-refractivity contribution in [2.75, 3.05) is 7.11 Å². The van der Waals surface area contributed by atoms with Crippen LogP contribution in [0.25, 0.3) is 11.3 Å². The third kappa shape index (κ3) is 3.45. The molecule has 1 unspecified atom stereocenters. The summed E-state index contributed by atoms with van der Waals surface area (Å²) in [6.45, 7) is 0. The van der Waals surface area contributed by atoms with Crippen molar-refractivity contribution in [2.45, 2.75) is 11.7 Å². The van der Waals surface area contributed by atoms with Gasteiger partial charge in [0.05, 0.1) is 12.8 Å². The highest BCUT2D eigenvalue weighted by Crippen LogP contribution is 2.46. The number of pyridine rings is 3. The maximum atomic E-state index is 13.6. The van der Waals surface area contributed by atoms with E-state index in [1.54, 1.807) is 55.9 Å². The monoisotopic (exact) mass is 461 g/mol. The lowest BCUT2D eigenvalue weighted by Gasteiger charge is -2.29. The average molecular weight is 461 g/mol. The van der Waals surface area contributed by atoms with Crippen molar-refractivity contribution < 1.29 is 17.9 Å².